The lowest BCUT2D eigenvalue weighted by Crippen LogP contribution is -2.33. The first-order chi connectivity index (χ1) is 12.9. The van der Waals surface area contributed by atoms with Gasteiger partial charge in [-0.1, -0.05) is 32.4 Å². The van der Waals surface area contributed by atoms with Crippen molar-refractivity contribution < 1.29 is 4.79 Å². The number of H-pyrrole nitrogens is 1. The van der Waals surface area contributed by atoms with Gasteiger partial charge in [-0.2, -0.15) is 5.10 Å². The Kier molecular flexibility index (Phi) is 5.63. The largest absolute Gasteiger partial charge is 0.346 e. The Morgan fingerprint density at radius 3 is 2.67 bits per heavy atom. The number of aromatic nitrogens is 4. The highest BCUT2D eigenvalue weighted by molar-refractivity contribution is 5.78. The molecule has 0 aliphatic carbocycles. The van der Waals surface area contributed by atoms with Crippen LogP contribution in [-0.4, -0.2) is 25.7 Å². The number of rotatable bonds is 7. The lowest BCUT2D eigenvalue weighted by molar-refractivity contribution is -0.122. The zero-order valence-corrected chi connectivity index (χ0v) is 16.8. The molecule has 1 aromatic carbocycles. The van der Waals surface area contributed by atoms with E-state index in [1.54, 1.807) is 0 Å². The van der Waals surface area contributed by atoms with Gasteiger partial charge in [-0.15, -0.1) is 0 Å². The summed E-state index contributed by atoms with van der Waals surface area (Å²) in [5, 5.41) is 7.63. The van der Waals surface area contributed by atoms with E-state index in [1.807, 2.05) is 49.8 Å². The number of amides is 1. The van der Waals surface area contributed by atoms with E-state index in [2.05, 4.69) is 29.2 Å². The molecule has 3 rings (SSSR count). The lowest BCUT2D eigenvalue weighted by Gasteiger charge is -2.22. The van der Waals surface area contributed by atoms with E-state index < -0.39 is 0 Å². The number of hydrogen-bond donors (Lipinski definition) is 2. The van der Waals surface area contributed by atoms with Crippen molar-refractivity contribution in [2.45, 2.75) is 53.0 Å². The molecule has 0 saturated carbocycles. The van der Waals surface area contributed by atoms with Gasteiger partial charge >= 0.3 is 0 Å². The number of hydrogen-bond acceptors (Lipinski definition) is 3. The fourth-order valence-corrected chi connectivity index (χ4v) is 3.50. The molecule has 2 atom stereocenters. The fraction of sp³-hybridized carbons (Fsp3) is 0.476. The normalized spacial score (nSPS) is 13.7. The van der Waals surface area contributed by atoms with E-state index in [0.29, 0.717) is 12.8 Å². The van der Waals surface area contributed by atoms with Crippen LogP contribution in [0.15, 0.2) is 24.3 Å². The maximum Gasteiger partial charge on any atom is 0.220 e. The summed E-state index contributed by atoms with van der Waals surface area (Å²) in [7, 11) is 1.94. The minimum Gasteiger partial charge on any atom is -0.346 e. The maximum absolute atomic E-state index is 12.7. The van der Waals surface area contributed by atoms with E-state index in [-0.39, 0.29) is 17.9 Å². The number of carbonyl (C=O) groups excluding carboxylic acids is 1. The van der Waals surface area contributed by atoms with Crippen LogP contribution in [0, 0.1) is 19.8 Å². The Morgan fingerprint density at radius 1 is 1.30 bits per heavy atom. The predicted molar refractivity (Wildman–Crippen MR) is 107 cm³/mol. The molecule has 0 fully saturated rings. The van der Waals surface area contributed by atoms with Crippen molar-refractivity contribution in [2.75, 3.05) is 0 Å². The highest BCUT2D eigenvalue weighted by Crippen LogP contribution is 2.25. The average molecular weight is 367 g/mol. The SMILES string of the molecule is CCC(C)C(NC(=O)CCc1c(C)nn(C)c1C)c1nc2ccccc2[nH]1. The molecule has 0 radical (unpaired) electrons. The molecule has 6 heteroatoms. The quantitative estimate of drug-likeness (QED) is 0.668. The van der Waals surface area contributed by atoms with Crippen molar-refractivity contribution in [2.24, 2.45) is 13.0 Å². The molecule has 1 amide bonds. The number of aromatic amines is 1. The first-order valence-electron chi connectivity index (χ1n) is 9.63. The number of nitrogens with one attached hydrogen (secondary N) is 2. The van der Waals surface area contributed by atoms with Crippen molar-refractivity contribution in [1.82, 2.24) is 25.1 Å². The smallest absolute Gasteiger partial charge is 0.220 e. The highest BCUT2D eigenvalue weighted by atomic mass is 16.1. The summed E-state index contributed by atoms with van der Waals surface area (Å²) >= 11 is 0. The molecule has 3 aromatic rings. The van der Waals surface area contributed by atoms with Gasteiger partial charge in [0.25, 0.3) is 0 Å². The number of imidazole rings is 1. The Morgan fingerprint density at radius 2 is 2.04 bits per heavy atom. The van der Waals surface area contributed by atoms with Crippen LogP contribution in [0.4, 0.5) is 0 Å². The molecule has 27 heavy (non-hydrogen) atoms. The molecule has 2 aromatic heterocycles. The van der Waals surface area contributed by atoms with E-state index in [9.17, 15) is 4.79 Å². The Labute approximate surface area is 160 Å². The average Bonchev–Trinajstić information content (AvgIpc) is 3.18. The van der Waals surface area contributed by atoms with E-state index in [4.69, 9.17) is 4.98 Å². The van der Waals surface area contributed by atoms with Crippen LogP contribution in [0.1, 0.15) is 55.5 Å². The van der Waals surface area contributed by atoms with Gasteiger partial charge in [0.2, 0.25) is 5.91 Å². The Balaban J connectivity index is 1.73. The van der Waals surface area contributed by atoms with Gasteiger partial charge in [0.15, 0.2) is 0 Å². The first kappa shape index (κ1) is 19.1. The van der Waals surface area contributed by atoms with Gasteiger partial charge < -0.3 is 10.3 Å². The van der Waals surface area contributed by atoms with Gasteiger partial charge in [0.1, 0.15) is 5.82 Å². The molecule has 0 spiro atoms. The standard InChI is InChI=1S/C21H29N5O/c1-6-13(2)20(21-22-17-9-7-8-10-18(17)23-21)24-19(27)12-11-16-14(3)25-26(5)15(16)4/h7-10,13,20H,6,11-12H2,1-5H3,(H,22,23)(H,24,27). The zero-order valence-electron chi connectivity index (χ0n) is 16.8. The van der Waals surface area contributed by atoms with Crippen LogP contribution in [0.3, 0.4) is 0 Å². The van der Waals surface area contributed by atoms with Gasteiger partial charge in [-0.3, -0.25) is 9.48 Å². The molecule has 2 N–H and O–H groups in total. The topological polar surface area (TPSA) is 75.6 Å². The van der Waals surface area contributed by atoms with Crippen molar-refractivity contribution >= 4 is 16.9 Å². The van der Waals surface area contributed by atoms with E-state index in [1.165, 1.54) is 0 Å². The van der Waals surface area contributed by atoms with E-state index in [0.717, 1.165) is 40.2 Å². The molecular weight excluding hydrogens is 338 g/mol. The predicted octanol–water partition coefficient (Wildman–Crippen LogP) is 3.75. The van der Waals surface area contributed by atoms with Gasteiger partial charge in [0, 0.05) is 19.2 Å². The summed E-state index contributed by atoms with van der Waals surface area (Å²) in [6, 6.07) is 7.84. The summed E-state index contributed by atoms with van der Waals surface area (Å²) in [6.07, 6.45) is 2.11. The number of fused-ring (bicyclic) bond motifs is 1. The number of benzene rings is 1. The van der Waals surface area contributed by atoms with Gasteiger partial charge in [0.05, 0.1) is 22.8 Å². The minimum absolute atomic E-state index is 0.0448. The number of aryl methyl sites for hydroxylation is 2. The van der Waals surface area contributed by atoms with Crippen molar-refractivity contribution in [3.63, 3.8) is 0 Å². The molecule has 144 valence electrons. The third kappa shape index (κ3) is 4.04. The second-order valence-electron chi connectivity index (χ2n) is 7.34. The summed E-state index contributed by atoms with van der Waals surface area (Å²) < 4.78 is 1.87. The second-order valence-corrected chi connectivity index (χ2v) is 7.34. The van der Waals surface area contributed by atoms with Crippen LogP contribution in [0.25, 0.3) is 11.0 Å². The van der Waals surface area contributed by atoms with Crippen molar-refractivity contribution in [3.05, 3.63) is 47.0 Å². The first-order valence-corrected chi connectivity index (χ1v) is 9.63. The zero-order chi connectivity index (χ0) is 19.6. The lowest BCUT2D eigenvalue weighted by atomic mass is 9.98. The van der Waals surface area contributed by atoms with Crippen LogP contribution >= 0.6 is 0 Å². The van der Waals surface area contributed by atoms with Gasteiger partial charge in [-0.25, -0.2) is 4.98 Å². The molecule has 0 bridgehead atoms. The summed E-state index contributed by atoms with van der Waals surface area (Å²) in [4.78, 5) is 20.8. The van der Waals surface area contributed by atoms with Crippen molar-refractivity contribution in [1.29, 1.82) is 0 Å². The third-order valence-corrected chi connectivity index (χ3v) is 5.49. The Hall–Kier alpha value is -2.63. The molecule has 2 heterocycles. The molecule has 6 nitrogen and oxygen atoms in total. The molecule has 0 aliphatic heterocycles. The fourth-order valence-electron chi connectivity index (χ4n) is 3.50. The minimum atomic E-state index is -0.119. The number of nitrogens with zero attached hydrogens (tertiary/aromatic N) is 3. The van der Waals surface area contributed by atoms with E-state index >= 15 is 0 Å². The number of carbonyl (C=O) groups is 1. The molecule has 0 aliphatic rings. The Bertz CT molecular complexity index is 906. The molecule has 0 saturated heterocycles. The van der Waals surface area contributed by atoms with Crippen LogP contribution in [-0.2, 0) is 18.3 Å². The van der Waals surface area contributed by atoms with Crippen molar-refractivity contribution in [3.8, 4) is 0 Å². The monoisotopic (exact) mass is 367 g/mol. The number of para-hydroxylation sites is 2. The van der Waals surface area contributed by atoms with Gasteiger partial charge in [-0.05, 0) is 43.9 Å². The summed E-state index contributed by atoms with van der Waals surface area (Å²) in [5.41, 5.74) is 5.21. The molecular formula is C21H29N5O. The molecule has 2 unspecified atom stereocenters. The van der Waals surface area contributed by atoms with Crippen LogP contribution < -0.4 is 5.32 Å². The summed E-state index contributed by atoms with van der Waals surface area (Å²) in [6.45, 7) is 8.32. The summed E-state index contributed by atoms with van der Waals surface area (Å²) in [5.74, 6) is 1.16. The maximum atomic E-state index is 12.7. The highest BCUT2D eigenvalue weighted by Gasteiger charge is 2.23. The second kappa shape index (κ2) is 7.94. The van der Waals surface area contributed by atoms with Crippen LogP contribution in [0.5, 0.6) is 0 Å². The third-order valence-electron chi connectivity index (χ3n) is 5.49. The van der Waals surface area contributed by atoms with Crippen LogP contribution in [0.2, 0.25) is 0 Å².